The summed E-state index contributed by atoms with van der Waals surface area (Å²) in [6.07, 6.45) is 2.95. The number of alkyl halides is 1. The van der Waals surface area contributed by atoms with Crippen LogP contribution in [0.15, 0.2) is 0 Å². The quantitative estimate of drug-likeness (QED) is 0.793. The van der Waals surface area contributed by atoms with E-state index in [4.69, 9.17) is 31.5 Å². The molecular weight excluding hydrogens is 278 g/mol. The number of hydrogen-bond acceptors (Lipinski definition) is 4. The largest absolute Gasteiger partial charge is 0.379 e. The van der Waals surface area contributed by atoms with Crippen molar-refractivity contribution >= 4 is 11.6 Å². The summed E-state index contributed by atoms with van der Waals surface area (Å²) in [5.74, 6) is 0.0207. The first-order valence-corrected chi connectivity index (χ1v) is 7.99. The predicted octanol–water partition coefficient (Wildman–Crippen LogP) is 2.53. The van der Waals surface area contributed by atoms with Gasteiger partial charge in [0.2, 0.25) is 0 Å². The molecule has 0 aromatic rings. The predicted molar refractivity (Wildman–Crippen MR) is 79.9 cm³/mol. The molecule has 0 radical (unpaired) electrons. The SMILES string of the molecule is CC1(C)CC(C)(COCC(N)CCl)CC2(C1)OCCO2. The summed E-state index contributed by atoms with van der Waals surface area (Å²) in [4.78, 5) is 0. The van der Waals surface area contributed by atoms with Gasteiger partial charge in [0.15, 0.2) is 5.79 Å². The molecule has 0 aromatic heterocycles. The van der Waals surface area contributed by atoms with Gasteiger partial charge in [-0.05, 0) is 17.3 Å². The molecule has 1 spiro atoms. The molecule has 1 aliphatic carbocycles. The summed E-state index contributed by atoms with van der Waals surface area (Å²) in [6.45, 7) is 9.40. The van der Waals surface area contributed by atoms with Crippen LogP contribution >= 0.6 is 11.6 Å². The first-order valence-electron chi connectivity index (χ1n) is 7.45. The average Bonchev–Trinajstić information content (AvgIpc) is 2.73. The van der Waals surface area contributed by atoms with Gasteiger partial charge in [0.25, 0.3) is 0 Å². The van der Waals surface area contributed by atoms with Gasteiger partial charge >= 0.3 is 0 Å². The highest BCUT2D eigenvalue weighted by molar-refractivity contribution is 6.18. The van der Waals surface area contributed by atoms with E-state index in [1.54, 1.807) is 0 Å². The first kappa shape index (κ1) is 16.5. The van der Waals surface area contributed by atoms with E-state index in [1.165, 1.54) is 0 Å². The van der Waals surface area contributed by atoms with Crippen LogP contribution in [-0.2, 0) is 14.2 Å². The van der Waals surface area contributed by atoms with Crippen LogP contribution in [0.5, 0.6) is 0 Å². The Morgan fingerprint density at radius 2 is 1.80 bits per heavy atom. The smallest absolute Gasteiger partial charge is 0.169 e. The van der Waals surface area contributed by atoms with E-state index < -0.39 is 5.79 Å². The molecular formula is C15H28ClNO3. The van der Waals surface area contributed by atoms with Crippen LogP contribution in [0.1, 0.15) is 40.0 Å². The lowest BCUT2D eigenvalue weighted by molar-refractivity contribution is -0.230. The van der Waals surface area contributed by atoms with Gasteiger partial charge in [-0.25, -0.2) is 0 Å². The van der Waals surface area contributed by atoms with Crippen molar-refractivity contribution in [2.45, 2.75) is 51.9 Å². The van der Waals surface area contributed by atoms with E-state index in [9.17, 15) is 0 Å². The lowest BCUT2D eigenvalue weighted by Crippen LogP contribution is -2.49. The van der Waals surface area contributed by atoms with Gasteiger partial charge in [-0.1, -0.05) is 20.8 Å². The summed E-state index contributed by atoms with van der Waals surface area (Å²) < 4.78 is 17.7. The number of ether oxygens (including phenoxy) is 3. The molecule has 2 aliphatic rings. The van der Waals surface area contributed by atoms with Crippen molar-refractivity contribution in [1.29, 1.82) is 0 Å². The summed E-state index contributed by atoms with van der Waals surface area (Å²) in [7, 11) is 0. The third-order valence-electron chi connectivity index (χ3n) is 4.14. The van der Waals surface area contributed by atoms with Crippen LogP contribution in [-0.4, -0.2) is 44.1 Å². The lowest BCUT2D eigenvalue weighted by atomic mass is 9.62. The normalized spacial score (nSPS) is 33.5. The highest BCUT2D eigenvalue weighted by atomic mass is 35.5. The highest BCUT2D eigenvalue weighted by Gasteiger charge is 2.52. The van der Waals surface area contributed by atoms with Gasteiger partial charge in [-0.3, -0.25) is 0 Å². The fraction of sp³-hybridized carbons (Fsp3) is 1.00. The van der Waals surface area contributed by atoms with Gasteiger partial charge in [-0.2, -0.15) is 0 Å². The van der Waals surface area contributed by atoms with E-state index in [-0.39, 0.29) is 16.9 Å². The fourth-order valence-corrected chi connectivity index (χ4v) is 4.12. The second-order valence-corrected chi connectivity index (χ2v) is 7.85. The van der Waals surface area contributed by atoms with Crippen LogP contribution in [0.3, 0.4) is 0 Å². The minimum Gasteiger partial charge on any atom is -0.379 e. The van der Waals surface area contributed by atoms with E-state index in [0.29, 0.717) is 32.3 Å². The topological polar surface area (TPSA) is 53.7 Å². The Morgan fingerprint density at radius 1 is 1.15 bits per heavy atom. The van der Waals surface area contributed by atoms with Crippen molar-refractivity contribution in [2.24, 2.45) is 16.6 Å². The van der Waals surface area contributed by atoms with Crippen LogP contribution in [0.2, 0.25) is 0 Å². The van der Waals surface area contributed by atoms with Crippen LogP contribution in [0.4, 0.5) is 0 Å². The molecule has 1 aliphatic heterocycles. The van der Waals surface area contributed by atoms with Crippen LogP contribution < -0.4 is 5.73 Å². The summed E-state index contributed by atoms with van der Waals surface area (Å²) in [6, 6.07) is -0.0928. The zero-order chi connectivity index (χ0) is 14.9. The summed E-state index contributed by atoms with van der Waals surface area (Å²) in [5, 5.41) is 0. The van der Waals surface area contributed by atoms with Crippen molar-refractivity contribution < 1.29 is 14.2 Å². The van der Waals surface area contributed by atoms with Crippen molar-refractivity contribution in [3.8, 4) is 0 Å². The minimum atomic E-state index is -0.408. The Bertz CT molecular complexity index is 331. The molecule has 2 unspecified atom stereocenters. The Balaban J connectivity index is 1.98. The Morgan fingerprint density at radius 3 is 2.40 bits per heavy atom. The van der Waals surface area contributed by atoms with Gasteiger partial charge < -0.3 is 19.9 Å². The molecule has 4 nitrogen and oxygen atoms in total. The van der Waals surface area contributed by atoms with E-state index in [2.05, 4.69) is 20.8 Å². The molecule has 0 bridgehead atoms. The van der Waals surface area contributed by atoms with Crippen LogP contribution in [0, 0.1) is 10.8 Å². The average molecular weight is 306 g/mol. The van der Waals surface area contributed by atoms with Crippen molar-refractivity contribution in [3.05, 3.63) is 0 Å². The maximum Gasteiger partial charge on any atom is 0.169 e. The molecule has 1 heterocycles. The maximum absolute atomic E-state index is 5.94. The second-order valence-electron chi connectivity index (χ2n) is 7.54. The highest BCUT2D eigenvalue weighted by Crippen LogP contribution is 2.53. The number of hydrogen-bond donors (Lipinski definition) is 1. The summed E-state index contributed by atoms with van der Waals surface area (Å²) in [5.41, 5.74) is 6.04. The zero-order valence-electron chi connectivity index (χ0n) is 12.9. The lowest BCUT2D eigenvalue weighted by Gasteiger charge is -2.50. The molecule has 2 N–H and O–H groups in total. The number of rotatable bonds is 5. The van der Waals surface area contributed by atoms with E-state index in [1.807, 2.05) is 0 Å². The van der Waals surface area contributed by atoms with Crippen molar-refractivity contribution in [2.75, 3.05) is 32.3 Å². The zero-order valence-corrected chi connectivity index (χ0v) is 13.7. The molecule has 118 valence electrons. The minimum absolute atomic E-state index is 0.0537. The molecule has 2 fully saturated rings. The third-order valence-corrected chi connectivity index (χ3v) is 4.54. The molecule has 5 heteroatoms. The van der Waals surface area contributed by atoms with E-state index >= 15 is 0 Å². The van der Waals surface area contributed by atoms with E-state index in [0.717, 1.165) is 19.3 Å². The van der Waals surface area contributed by atoms with Gasteiger partial charge in [0, 0.05) is 24.8 Å². The van der Waals surface area contributed by atoms with Crippen LogP contribution in [0.25, 0.3) is 0 Å². The van der Waals surface area contributed by atoms with Crippen molar-refractivity contribution in [1.82, 2.24) is 0 Å². The fourth-order valence-electron chi connectivity index (χ4n) is 4.03. The molecule has 0 aromatic carbocycles. The Hall–Kier alpha value is 0.130. The molecule has 1 saturated carbocycles. The molecule has 2 atom stereocenters. The standard InChI is InChI=1S/C15H28ClNO3/c1-13(2)8-14(3,11-18-7-12(17)6-16)10-15(9-13)19-4-5-20-15/h12H,4-11,17H2,1-3H3. The maximum atomic E-state index is 5.94. The Kier molecular flexibility index (Phi) is 5.02. The summed E-state index contributed by atoms with van der Waals surface area (Å²) >= 11 is 5.71. The van der Waals surface area contributed by atoms with Gasteiger partial charge in [0.05, 0.1) is 26.4 Å². The Labute approximate surface area is 127 Å². The monoisotopic (exact) mass is 305 g/mol. The van der Waals surface area contributed by atoms with Gasteiger partial charge in [-0.15, -0.1) is 11.6 Å². The number of halogens is 1. The van der Waals surface area contributed by atoms with Gasteiger partial charge in [0.1, 0.15) is 0 Å². The molecule has 0 amide bonds. The molecule has 1 saturated heterocycles. The molecule has 20 heavy (non-hydrogen) atoms. The third kappa shape index (κ3) is 4.08. The first-order chi connectivity index (χ1) is 9.28. The second kappa shape index (κ2) is 6.09. The van der Waals surface area contributed by atoms with Crippen molar-refractivity contribution in [3.63, 3.8) is 0 Å². The molecule has 2 rings (SSSR count). The number of nitrogens with two attached hydrogens (primary N) is 1.